The molecule has 2 aromatic carbocycles. The van der Waals surface area contributed by atoms with Crippen molar-refractivity contribution < 1.29 is 18.7 Å². The fraction of sp³-hybridized carbons (Fsp3) is 0.207. The lowest BCUT2D eigenvalue weighted by Gasteiger charge is -2.25. The second-order valence-electron chi connectivity index (χ2n) is 9.02. The number of methoxy groups -OCH3 is 1. The molecule has 0 saturated heterocycles. The minimum atomic E-state index is -0.704. The van der Waals surface area contributed by atoms with Crippen molar-refractivity contribution in [2.45, 2.75) is 32.9 Å². The van der Waals surface area contributed by atoms with Gasteiger partial charge in [-0.2, -0.15) is 0 Å². The maximum atomic E-state index is 13.8. The van der Waals surface area contributed by atoms with Gasteiger partial charge in [-0.15, -0.1) is 0 Å². The molecular formula is C29H25ClN2O5S. The second-order valence-corrected chi connectivity index (χ2v) is 10.5. The fourth-order valence-corrected chi connectivity index (χ4v) is 5.54. The van der Waals surface area contributed by atoms with E-state index in [2.05, 4.69) is 4.99 Å². The van der Waals surface area contributed by atoms with Gasteiger partial charge in [-0.3, -0.25) is 9.36 Å². The number of esters is 1. The number of hydrogen-bond acceptors (Lipinski definition) is 7. The van der Waals surface area contributed by atoms with Crippen LogP contribution in [0.25, 0.3) is 17.4 Å². The van der Waals surface area contributed by atoms with E-state index in [4.69, 9.17) is 25.5 Å². The third-order valence-corrected chi connectivity index (χ3v) is 7.24. The molecule has 1 aliphatic heterocycles. The Morgan fingerprint density at radius 2 is 1.92 bits per heavy atom. The zero-order valence-electron chi connectivity index (χ0n) is 21.2. The number of hydrogen-bond donors (Lipinski definition) is 0. The van der Waals surface area contributed by atoms with Crippen molar-refractivity contribution in [2.24, 2.45) is 4.99 Å². The molecular weight excluding hydrogens is 524 g/mol. The molecule has 0 spiro atoms. The Morgan fingerprint density at radius 3 is 2.61 bits per heavy atom. The quantitative estimate of drug-likeness (QED) is 0.313. The van der Waals surface area contributed by atoms with Crippen LogP contribution in [0.5, 0.6) is 5.75 Å². The number of thiazole rings is 1. The summed E-state index contributed by atoms with van der Waals surface area (Å²) in [6, 6.07) is 17.6. The van der Waals surface area contributed by atoms with Crippen LogP contribution in [-0.2, 0) is 9.53 Å². The largest absolute Gasteiger partial charge is 0.497 e. The zero-order chi connectivity index (χ0) is 27.0. The standard InChI is InChI=1S/C29H25ClN2O5S/c1-16(2)36-28(34)25-17(3)31-29-32(26(25)18-8-10-21(35-4)11-9-18)27(33)24(38-29)15-22-12-13-23(37-22)19-6-5-7-20(30)14-19/h5-16,26H,1-4H3/b24-15-/t26-/m1/s1. The third-order valence-electron chi connectivity index (χ3n) is 6.03. The predicted octanol–water partition coefficient (Wildman–Crippen LogP) is 5.11. The molecule has 0 aliphatic carbocycles. The highest BCUT2D eigenvalue weighted by Crippen LogP contribution is 2.32. The lowest BCUT2D eigenvalue weighted by molar-refractivity contribution is -0.143. The van der Waals surface area contributed by atoms with Gasteiger partial charge in [0.25, 0.3) is 5.56 Å². The average Bonchev–Trinajstić information content (AvgIpc) is 3.47. The summed E-state index contributed by atoms with van der Waals surface area (Å²) >= 11 is 7.36. The van der Waals surface area contributed by atoms with Crippen LogP contribution in [0, 0.1) is 0 Å². The lowest BCUT2D eigenvalue weighted by atomic mass is 9.96. The van der Waals surface area contributed by atoms with Crippen LogP contribution in [0.4, 0.5) is 0 Å². The molecule has 194 valence electrons. The van der Waals surface area contributed by atoms with Gasteiger partial charge in [0.05, 0.1) is 35.1 Å². The molecule has 0 saturated carbocycles. The van der Waals surface area contributed by atoms with E-state index in [1.807, 2.05) is 36.4 Å². The van der Waals surface area contributed by atoms with E-state index < -0.39 is 12.0 Å². The van der Waals surface area contributed by atoms with Crippen molar-refractivity contribution in [1.29, 1.82) is 0 Å². The maximum Gasteiger partial charge on any atom is 0.338 e. The number of carbonyl (C=O) groups is 1. The molecule has 38 heavy (non-hydrogen) atoms. The predicted molar refractivity (Wildman–Crippen MR) is 147 cm³/mol. The van der Waals surface area contributed by atoms with Crippen molar-refractivity contribution >= 4 is 35.0 Å². The first-order valence-corrected chi connectivity index (χ1v) is 13.2. The van der Waals surface area contributed by atoms with E-state index in [0.717, 1.165) is 11.1 Å². The normalized spacial score (nSPS) is 15.4. The van der Waals surface area contributed by atoms with E-state index in [1.54, 1.807) is 62.8 Å². The number of nitrogens with zero attached hydrogens (tertiary/aromatic N) is 2. The van der Waals surface area contributed by atoms with Crippen LogP contribution in [-0.4, -0.2) is 23.8 Å². The van der Waals surface area contributed by atoms with Crippen LogP contribution >= 0.6 is 22.9 Å². The molecule has 7 nitrogen and oxygen atoms in total. The van der Waals surface area contributed by atoms with Crippen molar-refractivity contribution in [3.8, 4) is 17.1 Å². The number of aromatic nitrogens is 1. The zero-order valence-corrected chi connectivity index (χ0v) is 22.8. The fourth-order valence-electron chi connectivity index (χ4n) is 4.32. The van der Waals surface area contributed by atoms with Gasteiger partial charge in [0.2, 0.25) is 0 Å². The molecule has 5 rings (SSSR count). The maximum absolute atomic E-state index is 13.8. The summed E-state index contributed by atoms with van der Waals surface area (Å²) in [6.45, 7) is 5.33. The van der Waals surface area contributed by atoms with Crippen LogP contribution in [0.2, 0.25) is 5.02 Å². The summed E-state index contributed by atoms with van der Waals surface area (Å²) in [5.41, 5.74) is 2.12. The number of carbonyl (C=O) groups excluding carboxylic acids is 1. The van der Waals surface area contributed by atoms with Gasteiger partial charge in [-0.05, 0) is 62.7 Å². The second kappa shape index (κ2) is 10.5. The monoisotopic (exact) mass is 548 g/mol. The third kappa shape index (κ3) is 4.97. The number of ether oxygens (including phenoxy) is 2. The molecule has 0 unspecified atom stereocenters. The molecule has 0 bridgehead atoms. The Kier molecular flexibility index (Phi) is 7.10. The van der Waals surface area contributed by atoms with E-state index in [0.29, 0.717) is 42.9 Å². The molecule has 0 amide bonds. The average molecular weight is 549 g/mol. The highest BCUT2D eigenvalue weighted by atomic mass is 35.5. The van der Waals surface area contributed by atoms with Gasteiger partial charge >= 0.3 is 5.97 Å². The first-order valence-electron chi connectivity index (χ1n) is 12.0. The van der Waals surface area contributed by atoms with Crippen LogP contribution in [0.15, 0.2) is 86.1 Å². The van der Waals surface area contributed by atoms with Crippen molar-refractivity contribution in [3.05, 3.63) is 108 Å². The van der Waals surface area contributed by atoms with E-state index in [9.17, 15) is 9.59 Å². The Hall–Kier alpha value is -3.88. The molecule has 2 aromatic heterocycles. The Morgan fingerprint density at radius 1 is 1.16 bits per heavy atom. The summed E-state index contributed by atoms with van der Waals surface area (Å²) in [6.07, 6.45) is 1.37. The van der Waals surface area contributed by atoms with E-state index in [1.165, 1.54) is 11.3 Å². The highest BCUT2D eigenvalue weighted by molar-refractivity contribution is 7.07. The Balaban J connectivity index is 1.63. The van der Waals surface area contributed by atoms with Gasteiger partial charge in [0.15, 0.2) is 4.80 Å². The Labute approximate surface area is 227 Å². The first kappa shape index (κ1) is 25.8. The van der Waals surface area contributed by atoms with Gasteiger partial charge in [-0.25, -0.2) is 9.79 Å². The molecule has 1 aliphatic rings. The summed E-state index contributed by atoms with van der Waals surface area (Å²) in [7, 11) is 1.58. The van der Waals surface area contributed by atoms with Gasteiger partial charge < -0.3 is 13.9 Å². The molecule has 1 atom stereocenters. The van der Waals surface area contributed by atoms with E-state index in [-0.39, 0.29) is 11.7 Å². The number of furan rings is 1. The summed E-state index contributed by atoms with van der Waals surface area (Å²) in [5, 5.41) is 0.606. The molecule has 0 fully saturated rings. The topological polar surface area (TPSA) is 83.0 Å². The number of rotatable bonds is 6. The molecule has 0 N–H and O–H groups in total. The molecule has 0 radical (unpaired) electrons. The minimum absolute atomic E-state index is 0.280. The van der Waals surface area contributed by atoms with Crippen molar-refractivity contribution in [2.75, 3.05) is 7.11 Å². The molecule has 9 heteroatoms. The minimum Gasteiger partial charge on any atom is -0.497 e. The van der Waals surface area contributed by atoms with Gasteiger partial charge in [0.1, 0.15) is 17.3 Å². The lowest BCUT2D eigenvalue weighted by Crippen LogP contribution is -2.40. The molecule has 4 aromatic rings. The highest BCUT2D eigenvalue weighted by Gasteiger charge is 2.33. The first-order chi connectivity index (χ1) is 18.2. The number of halogens is 1. The number of fused-ring (bicyclic) bond motifs is 1. The summed E-state index contributed by atoms with van der Waals surface area (Å²) in [4.78, 5) is 32.1. The van der Waals surface area contributed by atoms with Gasteiger partial charge in [-0.1, -0.05) is 47.2 Å². The van der Waals surface area contributed by atoms with Crippen molar-refractivity contribution in [1.82, 2.24) is 4.57 Å². The smallest absolute Gasteiger partial charge is 0.338 e. The van der Waals surface area contributed by atoms with Crippen molar-refractivity contribution in [3.63, 3.8) is 0 Å². The van der Waals surface area contributed by atoms with E-state index >= 15 is 0 Å². The number of benzene rings is 2. The molecule has 3 heterocycles. The van der Waals surface area contributed by atoms with Crippen LogP contribution in [0.1, 0.15) is 38.1 Å². The number of allylic oxidation sites excluding steroid dienone is 1. The summed E-state index contributed by atoms with van der Waals surface area (Å²) in [5.74, 6) is 1.31. The Bertz CT molecular complexity index is 1730. The van der Waals surface area contributed by atoms with Gasteiger partial charge in [0, 0.05) is 16.7 Å². The van der Waals surface area contributed by atoms with Crippen LogP contribution in [0.3, 0.4) is 0 Å². The summed E-state index contributed by atoms with van der Waals surface area (Å²) < 4.78 is 18.8. The SMILES string of the molecule is COc1ccc([C@@H]2C(C(=O)OC(C)C)=C(C)N=c3s/c(=C\c4ccc(-c5cccc(Cl)c5)o4)c(=O)n32)cc1. The van der Waals surface area contributed by atoms with Crippen LogP contribution < -0.4 is 19.6 Å².